The molecule has 134 valence electrons. The molecule has 2 rings (SSSR count). The molecule has 0 unspecified atom stereocenters. The quantitative estimate of drug-likeness (QED) is 0.833. The molecule has 0 aromatic heterocycles. The van der Waals surface area contributed by atoms with Gasteiger partial charge in [-0.3, -0.25) is 9.69 Å². The summed E-state index contributed by atoms with van der Waals surface area (Å²) in [6.07, 6.45) is 1.26. The number of carbonyl (C=O) groups excluding carboxylic acids is 1. The minimum Gasteiger partial charge on any atom is -0.352 e. The Morgan fingerprint density at radius 1 is 1.12 bits per heavy atom. The SMILES string of the molecule is CC(C)CNC(=O)c1ccc(CN2CCN(S(C)(=O)=O)CC2)cc1. The van der Waals surface area contributed by atoms with E-state index in [-0.39, 0.29) is 5.91 Å². The Labute approximate surface area is 144 Å². The molecule has 1 aliphatic heterocycles. The number of nitrogens with one attached hydrogen (secondary N) is 1. The highest BCUT2D eigenvalue weighted by atomic mass is 32.2. The first-order valence-corrected chi connectivity index (χ1v) is 10.1. The van der Waals surface area contributed by atoms with Crippen LogP contribution in [0.5, 0.6) is 0 Å². The number of hydrogen-bond donors (Lipinski definition) is 1. The molecule has 1 N–H and O–H groups in total. The lowest BCUT2D eigenvalue weighted by Gasteiger charge is -2.33. The Morgan fingerprint density at radius 3 is 2.21 bits per heavy atom. The van der Waals surface area contributed by atoms with Gasteiger partial charge in [0.1, 0.15) is 0 Å². The fraction of sp³-hybridized carbons (Fsp3) is 0.588. The molecule has 0 atom stereocenters. The molecule has 7 heteroatoms. The van der Waals surface area contributed by atoms with Crippen molar-refractivity contribution in [1.29, 1.82) is 0 Å². The van der Waals surface area contributed by atoms with Crippen molar-refractivity contribution in [3.8, 4) is 0 Å². The van der Waals surface area contributed by atoms with Crippen LogP contribution in [0.2, 0.25) is 0 Å². The average molecular weight is 353 g/mol. The summed E-state index contributed by atoms with van der Waals surface area (Å²) in [5.74, 6) is 0.385. The van der Waals surface area contributed by atoms with E-state index in [0.717, 1.165) is 25.2 Å². The van der Waals surface area contributed by atoms with E-state index in [2.05, 4.69) is 24.1 Å². The number of amides is 1. The number of piperazine rings is 1. The van der Waals surface area contributed by atoms with Crippen molar-refractivity contribution in [1.82, 2.24) is 14.5 Å². The molecule has 0 spiro atoms. The largest absolute Gasteiger partial charge is 0.352 e. The minimum atomic E-state index is -3.09. The molecule has 1 aromatic rings. The summed E-state index contributed by atoms with van der Waals surface area (Å²) < 4.78 is 24.6. The molecule has 0 aliphatic carbocycles. The van der Waals surface area contributed by atoms with Gasteiger partial charge in [-0.2, -0.15) is 4.31 Å². The third-order valence-electron chi connectivity index (χ3n) is 4.09. The Balaban J connectivity index is 1.85. The second-order valence-electron chi connectivity index (χ2n) is 6.74. The van der Waals surface area contributed by atoms with Crippen molar-refractivity contribution in [2.45, 2.75) is 20.4 Å². The number of nitrogens with zero attached hydrogens (tertiary/aromatic N) is 2. The Morgan fingerprint density at radius 2 is 1.71 bits per heavy atom. The molecule has 0 bridgehead atoms. The Hall–Kier alpha value is -1.44. The predicted molar refractivity (Wildman–Crippen MR) is 95.3 cm³/mol. The fourth-order valence-electron chi connectivity index (χ4n) is 2.64. The normalized spacial score (nSPS) is 17.2. The molecule has 0 radical (unpaired) electrons. The monoisotopic (exact) mass is 353 g/mol. The molecule has 24 heavy (non-hydrogen) atoms. The maximum atomic E-state index is 12.0. The first-order valence-electron chi connectivity index (χ1n) is 8.30. The topological polar surface area (TPSA) is 69.7 Å². The van der Waals surface area contributed by atoms with E-state index in [1.807, 2.05) is 24.3 Å². The third-order valence-corrected chi connectivity index (χ3v) is 5.40. The molecular weight excluding hydrogens is 326 g/mol. The fourth-order valence-corrected chi connectivity index (χ4v) is 3.46. The highest BCUT2D eigenvalue weighted by molar-refractivity contribution is 7.88. The number of rotatable bonds is 6. The molecule has 1 saturated heterocycles. The second kappa shape index (κ2) is 8.09. The van der Waals surface area contributed by atoms with Crippen molar-refractivity contribution in [2.75, 3.05) is 39.0 Å². The van der Waals surface area contributed by atoms with E-state index in [4.69, 9.17) is 0 Å². The Bertz CT molecular complexity index is 648. The maximum absolute atomic E-state index is 12.0. The van der Waals surface area contributed by atoms with E-state index < -0.39 is 10.0 Å². The number of hydrogen-bond acceptors (Lipinski definition) is 4. The van der Waals surface area contributed by atoms with Crippen LogP contribution in [-0.4, -0.2) is 62.5 Å². The second-order valence-corrected chi connectivity index (χ2v) is 8.72. The van der Waals surface area contributed by atoms with Crippen LogP contribution in [0, 0.1) is 5.92 Å². The van der Waals surface area contributed by atoms with Crippen LogP contribution in [0.4, 0.5) is 0 Å². The molecular formula is C17H27N3O3S. The summed E-state index contributed by atoms with van der Waals surface area (Å²) in [7, 11) is -3.09. The summed E-state index contributed by atoms with van der Waals surface area (Å²) in [5.41, 5.74) is 1.80. The van der Waals surface area contributed by atoms with Crippen LogP contribution in [0.25, 0.3) is 0 Å². The molecule has 0 saturated carbocycles. The van der Waals surface area contributed by atoms with E-state index in [9.17, 15) is 13.2 Å². The van der Waals surface area contributed by atoms with Gasteiger partial charge in [0.25, 0.3) is 5.91 Å². The molecule has 1 aromatic carbocycles. The van der Waals surface area contributed by atoms with Crippen LogP contribution >= 0.6 is 0 Å². The van der Waals surface area contributed by atoms with E-state index >= 15 is 0 Å². The molecule has 1 heterocycles. The summed E-state index contributed by atoms with van der Waals surface area (Å²) >= 11 is 0. The lowest BCUT2D eigenvalue weighted by Crippen LogP contribution is -2.47. The van der Waals surface area contributed by atoms with Gasteiger partial charge in [0.05, 0.1) is 6.26 Å². The van der Waals surface area contributed by atoms with Crippen LogP contribution < -0.4 is 5.32 Å². The zero-order valence-electron chi connectivity index (χ0n) is 14.7. The van der Waals surface area contributed by atoms with Gasteiger partial charge < -0.3 is 5.32 Å². The summed E-state index contributed by atoms with van der Waals surface area (Å²) in [6, 6.07) is 7.62. The highest BCUT2D eigenvalue weighted by Gasteiger charge is 2.23. The van der Waals surface area contributed by atoms with Crippen LogP contribution in [0.1, 0.15) is 29.8 Å². The van der Waals surface area contributed by atoms with Crippen molar-refractivity contribution in [3.05, 3.63) is 35.4 Å². The lowest BCUT2D eigenvalue weighted by molar-refractivity contribution is 0.0949. The van der Waals surface area contributed by atoms with Gasteiger partial charge in [-0.25, -0.2) is 8.42 Å². The van der Waals surface area contributed by atoms with E-state index in [1.54, 1.807) is 0 Å². The van der Waals surface area contributed by atoms with Gasteiger partial charge >= 0.3 is 0 Å². The van der Waals surface area contributed by atoms with Crippen LogP contribution in [0.3, 0.4) is 0 Å². The van der Waals surface area contributed by atoms with Gasteiger partial charge in [0.2, 0.25) is 10.0 Å². The first kappa shape index (κ1) is 18.9. The average Bonchev–Trinajstić information content (AvgIpc) is 2.53. The smallest absolute Gasteiger partial charge is 0.251 e. The minimum absolute atomic E-state index is 0.0444. The lowest BCUT2D eigenvalue weighted by atomic mass is 10.1. The maximum Gasteiger partial charge on any atom is 0.251 e. The van der Waals surface area contributed by atoms with E-state index in [1.165, 1.54) is 10.6 Å². The highest BCUT2D eigenvalue weighted by Crippen LogP contribution is 2.12. The van der Waals surface area contributed by atoms with Gasteiger partial charge in [0, 0.05) is 44.8 Å². The van der Waals surface area contributed by atoms with Gasteiger partial charge in [-0.1, -0.05) is 26.0 Å². The zero-order chi connectivity index (χ0) is 17.7. The third kappa shape index (κ3) is 5.58. The molecule has 1 fully saturated rings. The molecule has 1 amide bonds. The number of sulfonamides is 1. The van der Waals surface area contributed by atoms with Crippen molar-refractivity contribution >= 4 is 15.9 Å². The first-order chi connectivity index (χ1) is 11.3. The summed E-state index contributed by atoms with van der Waals surface area (Å²) in [4.78, 5) is 14.2. The Kier molecular flexibility index (Phi) is 6.37. The van der Waals surface area contributed by atoms with Crippen LogP contribution in [-0.2, 0) is 16.6 Å². The van der Waals surface area contributed by atoms with Gasteiger partial charge in [-0.05, 0) is 23.6 Å². The van der Waals surface area contributed by atoms with Crippen molar-refractivity contribution < 1.29 is 13.2 Å². The standard InChI is InChI=1S/C17H27N3O3S/c1-14(2)12-18-17(21)16-6-4-15(5-7-16)13-19-8-10-20(11-9-19)24(3,22)23/h4-7,14H,8-13H2,1-3H3,(H,18,21). The molecule has 6 nitrogen and oxygen atoms in total. The number of benzene rings is 1. The summed E-state index contributed by atoms with van der Waals surface area (Å²) in [6.45, 7) is 8.09. The van der Waals surface area contributed by atoms with Crippen molar-refractivity contribution in [3.63, 3.8) is 0 Å². The predicted octanol–water partition coefficient (Wildman–Crippen LogP) is 1.15. The summed E-state index contributed by atoms with van der Waals surface area (Å²) in [5, 5.41) is 2.91. The van der Waals surface area contributed by atoms with Crippen molar-refractivity contribution in [2.24, 2.45) is 5.92 Å². The number of carbonyl (C=O) groups is 1. The molecule has 1 aliphatic rings. The van der Waals surface area contributed by atoms with Crippen LogP contribution in [0.15, 0.2) is 24.3 Å². The van der Waals surface area contributed by atoms with E-state index in [0.29, 0.717) is 31.1 Å². The van der Waals surface area contributed by atoms with Gasteiger partial charge in [0.15, 0.2) is 0 Å². The zero-order valence-corrected chi connectivity index (χ0v) is 15.5. The van der Waals surface area contributed by atoms with Gasteiger partial charge in [-0.15, -0.1) is 0 Å².